The van der Waals surface area contributed by atoms with Crippen LogP contribution in [0.2, 0.25) is 0 Å². The SMILES string of the molecule is CC(=O)NC(CCCCN)C(=O)NC(CCCN=C(N)N)C(=O)NC(CC(N)=O)C(=O)NC(CC(N)=O)C(=O)NC(Cc1ccccc1)C(=O)NC(CCCCN)C(=O)NC(C(=O)NC(CCC(=O)O)C(=O)NC(CCC(=O)O)C(=O)NC(Cc1ccc(O)cc1)C(=O)O)C(C)O. The van der Waals surface area contributed by atoms with Gasteiger partial charge in [-0.2, -0.15) is 0 Å². The first-order chi connectivity index (χ1) is 45.7. The van der Waals surface area contributed by atoms with Crippen LogP contribution in [-0.4, -0.2) is 206 Å². The summed E-state index contributed by atoms with van der Waals surface area (Å²) in [6, 6.07) is -4.21. The molecule has 0 fully saturated rings. The number of aliphatic carboxylic acids is 3. The highest BCUT2D eigenvalue weighted by Gasteiger charge is 2.38. The molecule has 0 spiro atoms. The summed E-state index contributed by atoms with van der Waals surface area (Å²) in [7, 11) is 0. The Balaban J connectivity index is 2.55. The summed E-state index contributed by atoms with van der Waals surface area (Å²) in [4.78, 5) is 203. The molecule has 536 valence electrons. The molecule has 2 aromatic carbocycles. The highest BCUT2D eigenvalue weighted by Crippen LogP contribution is 2.15. The van der Waals surface area contributed by atoms with Crippen LogP contribution in [0.25, 0.3) is 0 Å². The molecule has 0 bridgehead atoms. The standard InChI is InChI=1S/C60H91N17O20/c1-31(78)49(58(95)72-40(21-23-48(85)86)52(89)71-39(20-22-47(83)84)53(90)76-44(59(96)97)28-34-16-18-35(80)19-17-34)77-54(91)37(14-7-9-25-62)70-55(92)41(27-33-11-4-3-5-12-33)73-56(93)43(30-46(64)82)75-57(94)42(29-45(63)81)74-51(88)38(15-10-26-67-60(65)66)69-50(87)36(68-32(2)79)13-6-8-24-61/h3-5,11-12,16-19,31,36-44,49,78,80H,6-10,13-15,20-30,61-62H2,1-2H3,(H2,63,81)(H2,64,82)(H,68,79)(H,69,87)(H,70,92)(H,71,89)(H,72,95)(H,73,93)(H,74,88)(H,75,94)(H,76,90)(H,77,91)(H,83,84)(H,85,86)(H,96,97)(H4,65,66,67). The number of nitrogens with two attached hydrogens (primary N) is 6. The number of hydrogen-bond acceptors (Lipinski definition) is 20. The number of carboxylic acid groups (broad SMARTS) is 3. The molecule has 11 atom stereocenters. The Morgan fingerprint density at radius 3 is 1.18 bits per heavy atom. The van der Waals surface area contributed by atoms with Gasteiger partial charge in [0.2, 0.25) is 70.9 Å². The molecular formula is C60H91N17O20. The first-order valence-electron chi connectivity index (χ1n) is 30.9. The lowest BCUT2D eigenvalue weighted by Gasteiger charge is -2.29. The van der Waals surface area contributed by atoms with Crippen molar-refractivity contribution in [2.45, 2.75) is 183 Å². The fourth-order valence-corrected chi connectivity index (χ4v) is 9.39. The van der Waals surface area contributed by atoms with E-state index in [1.54, 1.807) is 30.3 Å². The number of carbonyl (C=O) groups excluding carboxylic acids is 12. The number of unbranched alkanes of at least 4 members (excludes halogenated alkanes) is 2. The molecule has 0 aliphatic rings. The number of rotatable bonds is 47. The van der Waals surface area contributed by atoms with Crippen molar-refractivity contribution in [3.63, 3.8) is 0 Å². The number of phenolic OH excluding ortho intramolecular Hbond substituents is 1. The van der Waals surface area contributed by atoms with E-state index in [-0.39, 0.29) is 82.7 Å². The van der Waals surface area contributed by atoms with Gasteiger partial charge in [-0.1, -0.05) is 42.5 Å². The number of nitrogens with one attached hydrogen (secondary N) is 10. The van der Waals surface area contributed by atoms with E-state index >= 15 is 0 Å². The van der Waals surface area contributed by atoms with Gasteiger partial charge in [-0.25, -0.2) is 4.79 Å². The fourth-order valence-electron chi connectivity index (χ4n) is 9.39. The van der Waals surface area contributed by atoms with Crippen LogP contribution >= 0.6 is 0 Å². The van der Waals surface area contributed by atoms with Crippen molar-refractivity contribution in [2.75, 3.05) is 19.6 Å². The molecule has 0 heterocycles. The van der Waals surface area contributed by atoms with Gasteiger partial charge in [-0.3, -0.25) is 72.1 Å². The quantitative estimate of drug-likeness (QED) is 0.0166. The molecule has 0 saturated carbocycles. The van der Waals surface area contributed by atoms with E-state index in [1.165, 1.54) is 31.2 Å². The number of aliphatic hydroxyl groups is 1. The largest absolute Gasteiger partial charge is 0.508 e. The second kappa shape index (κ2) is 43.4. The second-order valence-corrected chi connectivity index (χ2v) is 22.6. The predicted octanol–water partition coefficient (Wildman–Crippen LogP) is -6.70. The first kappa shape index (κ1) is 82.5. The van der Waals surface area contributed by atoms with Crippen LogP contribution in [0.4, 0.5) is 0 Å². The summed E-state index contributed by atoms with van der Waals surface area (Å²) >= 11 is 0. The van der Waals surface area contributed by atoms with Crippen molar-refractivity contribution >= 4 is 94.8 Å². The Bertz CT molecular complexity index is 3060. The number of carbonyl (C=O) groups is 15. The van der Waals surface area contributed by atoms with Crippen LogP contribution in [0, 0.1) is 0 Å². The normalized spacial score (nSPS) is 14.3. The number of primary amides is 2. The van der Waals surface area contributed by atoms with Gasteiger partial charge in [-0.05, 0) is 107 Å². The molecule has 37 nitrogen and oxygen atoms in total. The van der Waals surface area contributed by atoms with Gasteiger partial charge in [0.05, 0.1) is 18.9 Å². The summed E-state index contributed by atoms with van der Waals surface area (Å²) in [6.07, 6.45) is -6.44. The third-order valence-electron chi connectivity index (χ3n) is 14.4. The van der Waals surface area contributed by atoms with Crippen molar-refractivity contribution < 1.29 is 97.5 Å². The minimum absolute atomic E-state index is 0.0405. The first-order valence-corrected chi connectivity index (χ1v) is 30.9. The maximum atomic E-state index is 14.6. The number of aliphatic imine (C=N–C) groups is 1. The average molecular weight is 1370 g/mol. The van der Waals surface area contributed by atoms with E-state index in [0.29, 0.717) is 24.0 Å². The molecule has 0 aromatic heterocycles. The van der Waals surface area contributed by atoms with E-state index in [4.69, 9.17) is 34.4 Å². The maximum absolute atomic E-state index is 14.6. The summed E-state index contributed by atoms with van der Waals surface area (Å²) < 4.78 is 0. The zero-order valence-corrected chi connectivity index (χ0v) is 53.8. The van der Waals surface area contributed by atoms with E-state index in [0.717, 1.165) is 6.92 Å². The lowest BCUT2D eigenvalue weighted by atomic mass is 10.0. The van der Waals surface area contributed by atoms with Crippen molar-refractivity contribution in [1.29, 1.82) is 0 Å². The number of aliphatic hydroxyl groups excluding tert-OH is 1. The minimum Gasteiger partial charge on any atom is -0.508 e. The van der Waals surface area contributed by atoms with Crippen LogP contribution < -0.4 is 87.6 Å². The molecular weight excluding hydrogens is 1280 g/mol. The lowest BCUT2D eigenvalue weighted by molar-refractivity contribution is -0.143. The van der Waals surface area contributed by atoms with E-state index < -0.39 is 194 Å². The number of carboxylic acids is 3. The van der Waals surface area contributed by atoms with Gasteiger partial charge in [0, 0.05) is 39.2 Å². The molecule has 97 heavy (non-hydrogen) atoms. The Morgan fingerprint density at radius 1 is 0.423 bits per heavy atom. The van der Waals surface area contributed by atoms with E-state index in [2.05, 4.69) is 58.2 Å². The van der Waals surface area contributed by atoms with Crippen molar-refractivity contribution in [3.05, 3.63) is 65.7 Å². The zero-order valence-electron chi connectivity index (χ0n) is 53.8. The molecule has 37 heteroatoms. The molecule has 0 radical (unpaired) electrons. The van der Waals surface area contributed by atoms with Crippen LogP contribution in [0.3, 0.4) is 0 Å². The Labute approximate surface area is 557 Å². The fraction of sp³-hybridized carbons (Fsp3) is 0.533. The van der Waals surface area contributed by atoms with Gasteiger partial charge < -0.3 is 113 Å². The number of amides is 12. The molecule has 2 rings (SSSR count). The third-order valence-corrected chi connectivity index (χ3v) is 14.4. The summed E-state index contributed by atoms with van der Waals surface area (Å²) in [5.74, 6) is -18.4. The van der Waals surface area contributed by atoms with Gasteiger partial charge in [0.15, 0.2) is 5.96 Å². The van der Waals surface area contributed by atoms with Gasteiger partial charge in [0.1, 0.15) is 66.2 Å². The summed E-state index contributed by atoms with van der Waals surface area (Å²) in [5, 5.41) is 73.0. The van der Waals surface area contributed by atoms with Crippen LogP contribution in [0.15, 0.2) is 59.6 Å². The van der Waals surface area contributed by atoms with E-state index in [9.17, 15) is 97.5 Å². The minimum atomic E-state index is -2.02. The molecule has 27 N–H and O–H groups in total. The second-order valence-electron chi connectivity index (χ2n) is 22.6. The zero-order chi connectivity index (χ0) is 72.9. The topological polar surface area (TPSA) is 646 Å². The maximum Gasteiger partial charge on any atom is 0.326 e. The third kappa shape index (κ3) is 32.9. The van der Waals surface area contributed by atoms with Crippen LogP contribution in [-0.2, 0) is 84.8 Å². The lowest BCUT2D eigenvalue weighted by Crippen LogP contribution is -2.62. The van der Waals surface area contributed by atoms with E-state index in [1.807, 2.05) is 0 Å². The molecule has 12 amide bonds. The molecule has 2 aromatic rings. The summed E-state index contributed by atoms with van der Waals surface area (Å²) in [6.45, 7) is 2.52. The number of hydrogen-bond donors (Lipinski definition) is 21. The average Bonchev–Trinajstić information content (AvgIpc) is 0.944. The van der Waals surface area contributed by atoms with Crippen molar-refractivity contribution in [3.8, 4) is 5.75 Å². The van der Waals surface area contributed by atoms with Crippen molar-refractivity contribution in [2.24, 2.45) is 39.4 Å². The van der Waals surface area contributed by atoms with Crippen LogP contribution in [0.1, 0.15) is 115 Å². The highest BCUT2D eigenvalue weighted by atomic mass is 16.4. The highest BCUT2D eigenvalue weighted by molar-refractivity contribution is 6.01. The Kier molecular flexibility index (Phi) is 36.9. The number of phenols is 1. The van der Waals surface area contributed by atoms with Crippen molar-refractivity contribution in [1.82, 2.24) is 53.2 Å². The number of guanidine groups is 1. The van der Waals surface area contributed by atoms with Gasteiger partial charge in [0.25, 0.3) is 0 Å². The molecule has 0 aliphatic heterocycles. The number of aromatic hydroxyl groups is 1. The van der Waals surface area contributed by atoms with Gasteiger partial charge in [-0.15, -0.1) is 0 Å². The number of benzene rings is 2. The Hall–Kier alpha value is -10.6. The molecule has 0 saturated heterocycles. The van der Waals surface area contributed by atoms with Crippen LogP contribution in [0.5, 0.6) is 5.75 Å². The molecule has 11 unspecified atom stereocenters. The summed E-state index contributed by atoms with van der Waals surface area (Å²) in [5.41, 5.74) is 34.0. The Morgan fingerprint density at radius 2 is 0.773 bits per heavy atom. The smallest absolute Gasteiger partial charge is 0.326 e. The molecule has 0 aliphatic carbocycles. The monoisotopic (exact) mass is 1370 g/mol. The number of nitrogens with zero attached hydrogens (tertiary/aromatic N) is 1. The predicted molar refractivity (Wildman–Crippen MR) is 343 cm³/mol. The van der Waals surface area contributed by atoms with Gasteiger partial charge >= 0.3 is 17.9 Å².